The van der Waals surface area contributed by atoms with Gasteiger partial charge in [0.2, 0.25) is 0 Å². The van der Waals surface area contributed by atoms with E-state index in [1.54, 1.807) is 0 Å². The van der Waals surface area contributed by atoms with Gasteiger partial charge in [0.15, 0.2) is 0 Å². The van der Waals surface area contributed by atoms with Crippen LogP contribution in [0.3, 0.4) is 0 Å². The van der Waals surface area contributed by atoms with Gasteiger partial charge in [0.05, 0.1) is 24.9 Å². The van der Waals surface area contributed by atoms with Crippen LogP contribution in [0.2, 0.25) is 0 Å². The molecule has 0 aromatic carbocycles. The van der Waals surface area contributed by atoms with Crippen molar-refractivity contribution in [3.63, 3.8) is 0 Å². The Labute approximate surface area is 88.7 Å². The van der Waals surface area contributed by atoms with E-state index in [9.17, 15) is 0 Å². The minimum Gasteiger partial charge on any atom is -0.378 e. The summed E-state index contributed by atoms with van der Waals surface area (Å²) in [5.74, 6) is 0.879. The van der Waals surface area contributed by atoms with Crippen molar-refractivity contribution in [1.29, 1.82) is 5.26 Å². The first kappa shape index (κ1) is 9.88. The van der Waals surface area contributed by atoms with Crippen LogP contribution in [-0.2, 0) is 4.74 Å². The van der Waals surface area contributed by atoms with Crippen molar-refractivity contribution in [2.24, 2.45) is 0 Å². The molecule has 0 spiro atoms. The summed E-state index contributed by atoms with van der Waals surface area (Å²) in [6, 6.07) is 2.32. The maximum atomic E-state index is 9.01. The van der Waals surface area contributed by atoms with Gasteiger partial charge >= 0.3 is 0 Å². The molecule has 0 aromatic heterocycles. The van der Waals surface area contributed by atoms with Crippen molar-refractivity contribution in [2.45, 2.75) is 12.2 Å². The molecule has 0 saturated carbocycles. The highest BCUT2D eigenvalue weighted by atomic mass is 32.2. The van der Waals surface area contributed by atoms with E-state index >= 15 is 0 Å². The summed E-state index contributed by atoms with van der Waals surface area (Å²) in [6.45, 7) is 5.63. The SMILES string of the molecule is CC1SCC(C#N)=C1N1CCOCC1. The molecule has 0 bridgehead atoms. The molecule has 2 aliphatic rings. The Morgan fingerprint density at radius 2 is 2.21 bits per heavy atom. The van der Waals surface area contributed by atoms with E-state index < -0.39 is 0 Å². The highest BCUT2D eigenvalue weighted by Crippen LogP contribution is 2.34. The molecule has 1 atom stereocenters. The van der Waals surface area contributed by atoms with Crippen LogP contribution in [0.25, 0.3) is 0 Å². The lowest BCUT2D eigenvalue weighted by atomic mass is 10.1. The zero-order valence-electron chi connectivity index (χ0n) is 8.32. The molecule has 2 heterocycles. The molecule has 0 aliphatic carbocycles. The van der Waals surface area contributed by atoms with Crippen LogP contribution < -0.4 is 0 Å². The lowest BCUT2D eigenvalue weighted by Crippen LogP contribution is -2.37. The third-order valence-electron chi connectivity index (χ3n) is 2.66. The predicted octanol–water partition coefficient (Wildman–Crippen LogP) is 1.23. The molecule has 1 saturated heterocycles. The molecule has 76 valence electrons. The van der Waals surface area contributed by atoms with Crippen LogP contribution in [0.1, 0.15) is 6.92 Å². The zero-order valence-corrected chi connectivity index (χ0v) is 9.14. The second kappa shape index (κ2) is 4.24. The minimum absolute atomic E-state index is 0.475. The quantitative estimate of drug-likeness (QED) is 0.652. The molecule has 1 unspecified atom stereocenters. The van der Waals surface area contributed by atoms with Crippen molar-refractivity contribution in [1.82, 2.24) is 4.90 Å². The summed E-state index contributed by atoms with van der Waals surface area (Å²) in [7, 11) is 0. The van der Waals surface area contributed by atoms with E-state index in [1.807, 2.05) is 11.8 Å². The van der Waals surface area contributed by atoms with Gasteiger partial charge in [-0.1, -0.05) is 0 Å². The Morgan fingerprint density at radius 1 is 1.50 bits per heavy atom. The molecule has 0 amide bonds. The lowest BCUT2D eigenvalue weighted by molar-refractivity contribution is 0.0526. The van der Waals surface area contributed by atoms with Gasteiger partial charge in [-0.25, -0.2) is 0 Å². The molecule has 3 nitrogen and oxygen atoms in total. The van der Waals surface area contributed by atoms with Gasteiger partial charge in [0, 0.05) is 29.8 Å². The number of ether oxygens (including phenoxy) is 1. The van der Waals surface area contributed by atoms with Gasteiger partial charge in [0.25, 0.3) is 0 Å². The van der Waals surface area contributed by atoms with Gasteiger partial charge in [-0.3, -0.25) is 0 Å². The molecule has 0 aromatic rings. The smallest absolute Gasteiger partial charge is 0.0974 e. The molecular formula is C10H14N2OS. The molecule has 4 heteroatoms. The number of morpholine rings is 1. The van der Waals surface area contributed by atoms with Gasteiger partial charge in [0.1, 0.15) is 0 Å². The van der Waals surface area contributed by atoms with Crippen LogP contribution in [-0.4, -0.2) is 42.2 Å². The van der Waals surface area contributed by atoms with E-state index in [0.717, 1.165) is 37.6 Å². The zero-order chi connectivity index (χ0) is 9.97. The molecule has 14 heavy (non-hydrogen) atoms. The van der Waals surface area contributed by atoms with Crippen molar-refractivity contribution in [2.75, 3.05) is 32.1 Å². The highest BCUT2D eigenvalue weighted by molar-refractivity contribution is 8.00. The molecule has 2 aliphatic heterocycles. The molecule has 2 rings (SSSR count). The van der Waals surface area contributed by atoms with E-state index in [1.165, 1.54) is 5.70 Å². The van der Waals surface area contributed by atoms with E-state index in [4.69, 9.17) is 10.00 Å². The Kier molecular flexibility index (Phi) is 2.99. The first-order valence-corrected chi connectivity index (χ1v) is 5.95. The van der Waals surface area contributed by atoms with Gasteiger partial charge in [-0.05, 0) is 6.92 Å². The normalized spacial score (nSPS) is 28.0. The largest absolute Gasteiger partial charge is 0.378 e. The van der Waals surface area contributed by atoms with Crippen LogP contribution in [0, 0.1) is 11.3 Å². The first-order chi connectivity index (χ1) is 6.83. The van der Waals surface area contributed by atoms with E-state index in [2.05, 4.69) is 17.9 Å². The molecular weight excluding hydrogens is 196 g/mol. The van der Waals surface area contributed by atoms with Crippen molar-refractivity contribution in [3.05, 3.63) is 11.3 Å². The monoisotopic (exact) mass is 210 g/mol. The van der Waals surface area contributed by atoms with Gasteiger partial charge in [-0.15, -0.1) is 11.8 Å². The fourth-order valence-corrected chi connectivity index (χ4v) is 3.03. The molecule has 0 N–H and O–H groups in total. The minimum atomic E-state index is 0.475. The highest BCUT2D eigenvalue weighted by Gasteiger charge is 2.27. The standard InChI is InChI=1S/C10H14N2OS/c1-8-10(9(6-11)7-14-8)12-2-4-13-5-3-12/h8H,2-5,7H2,1H3. The number of hydrogen-bond donors (Lipinski definition) is 0. The third kappa shape index (κ3) is 1.75. The lowest BCUT2D eigenvalue weighted by Gasteiger charge is -2.31. The number of hydrogen-bond acceptors (Lipinski definition) is 4. The number of rotatable bonds is 1. The van der Waals surface area contributed by atoms with Crippen LogP contribution in [0.5, 0.6) is 0 Å². The Morgan fingerprint density at radius 3 is 2.86 bits per heavy atom. The summed E-state index contributed by atoms with van der Waals surface area (Å²) in [6.07, 6.45) is 0. The van der Waals surface area contributed by atoms with Crippen molar-refractivity contribution in [3.8, 4) is 6.07 Å². The van der Waals surface area contributed by atoms with Crippen molar-refractivity contribution < 1.29 is 4.74 Å². The number of thioether (sulfide) groups is 1. The summed E-state index contributed by atoms with van der Waals surface area (Å²) >= 11 is 1.85. The van der Waals surface area contributed by atoms with Gasteiger partial charge in [-0.2, -0.15) is 5.26 Å². The average Bonchev–Trinajstić information content (AvgIpc) is 2.61. The Bertz CT molecular complexity index is 289. The van der Waals surface area contributed by atoms with E-state index in [-0.39, 0.29) is 0 Å². The summed E-state index contributed by atoms with van der Waals surface area (Å²) in [5.41, 5.74) is 2.21. The maximum absolute atomic E-state index is 9.01. The van der Waals surface area contributed by atoms with Crippen molar-refractivity contribution >= 4 is 11.8 Å². The number of nitriles is 1. The van der Waals surface area contributed by atoms with Crippen LogP contribution in [0.4, 0.5) is 0 Å². The van der Waals surface area contributed by atoms with Crippen LogP contribution >= 0.6 is 11.8 Å². The summed E-state index contributed by atoms with van der Waals surface area (Å²) in [5, 5.41) is 9.48. The number of nitrogens with zero attached hydrogens (tertiary/aromatic N) is 2. The topological polar surface area (TPSA) is 36.3 Å². The second-order valence-corrected chi connectivity index (χ2v) is 4.86. The predicted molar refractivity (Wildman–Crippen MR) is 57.0 cm³/mol. The second-order valence-electron chi connectivity index (χ2n) is 3.53. The maximum Gasteiger partial charge on any atom is 0.0974 e. The molecule has 0 radical (unpaired) electrons. The Hall–Kier alpha value is -0.660. The van der Waals surface area contributed by atoms with Gasteiger partial charge < -0.3 is 9.64 Å². The molecule has 1 fully saturated rings. The first-order valence-electron chi connectivity index (χ1n) is 4.90. The third-order valence-corrected chi connectivity index (χ3v) is 3.84. The van der Waals surface area contributed by atoms with Crippen LogP contribution in [0.15, 0.2) is 11.3 Å². The van der Waals surface area contributed by atoms with E-state index in [0.29, 0.717) is 5.25 Å². The average molecular weight is 210 g/mol. The summed E-state index contributed by atoms with van der Waals surface area (Å²) in [4.78, 5) is 2.31. The summed E-state index contributed by atoms with van der Waals surface area (Å²) < 4.78 is 5.31. The Balaban J connectivity index is 2.17. The fraction of sp³-hybridized carbons (Fsp3) is 0.700. The fourth-order valence-electron chi connectivity index (χ4n) is 1.95.